The topological polar surface area (TPSA) is 72.2 Å². The van der Waals surface area contributed by atoms with E-state index in [1.54, 1.807) is 17.0 Å². The molecule has 0 radical (unpaired) electrons. The molecule has 1 aliphatic rings. The summed E-state index contributed by atoms with van der Waals surface area (Å²) in [6.45, 7) is -0.538. The van der Waals surface area contributed by atoms with Gasteiger partial charge in [-0.05, 0) is 18.2 Å². The molecule has 1 aromatic heterocycles. The average Bonchev–Trinajstić information content (AvgIpc) is 3.15. The van der Waals surface area contributed by atoms with Crippen molar-refractivity contribution in [1.29, 1.82) is 0 Å². The van der Waals surface area contributed by atoms with Gasteiger partial charge in [-0.3, -0.25) is 9.69 Å². The minimum atomic E-state index is -3.00. The molecule has 1 aromatic carbocycles. The Morgan fingerprint density at radius 3 is 2.54 bits per heavy atom. The lowest BCUT2D eigenvalue weighted by Gasteiger charge is -2.34. The number of furan rings is 1. The number of para-hydroxylation sites is 1. The molecule has 0 saturated carbocycles. The summed E-state index contributed by atoms with van der Waals surface area (Å²) in [6, 6.07) is 7.68. The van der Waals surface area contributed by atoms with Crippen LogP contribution in [0.4, 0.5) is 8.78 Å². The van der Waals surface area contributed by atoms with Gasteiger partial charge >= 0.3 is 12.6 Å². The van der Waals surface area contributed by atoms with E-state index in [1.165, 1.54) is 31.6 Å². The Kier molecular flexibility index (Phi) is 6.25. The number of piperazine rings is 1. The van der Waals surface area contributed by atoms with Crippen LogP contribution >= 0.6 is 0 Å². The third-order valence-corrected chi connectivity index (χ3v) is 4.50. The highest BCUT2D eigenvalue weighted by atomic mass is 19.3. The van der Waals surface area contributed by atoms with Crippen LogP contribution in [-0.2, 0) is 11.3 Å². The summed E-state index contributed by atoms with van der Waals surface area (Å²) in [5, 5.41) is 0. The first kappa shape index (κ1) is 19.8. The summed E-state index contributed by atoms with van der Waals surface area (Å²) >= 11 is 0. The number of nitrogens with zero attached hydrogens (tertiary/aromatic N) is 2. The van der Waals surface area contributed by atoms with E-state index < -0.39 is 12.6 Å². The molecule has 1 saturated heterocycles. The predicted molar refractivity (Wildman–Crippen MR) is 94.3 cm³/mol. The summed E-state index contributed by atoms with van der Waals surface area (Å²) < 4.78 is 39.4. The van der Waals surface area contributed by atoms with Crippen molar-refractivity contribution in [2.24, 2.45) is 0 Å². The summed E-state index contributed by atoms with van der Waals surface area (Å²) in [5.41, 5.74) is 0.821. The molecule has 1 aliphatic heterocycles. The molecule has 3 rings (SSSR count). The summed E-state index contributed by atoms with van der Waals surface area (Å²) in [6.07, 6.45) is 1.43. The Balaban J connectivity index is 1.61. The lowest BCUT2D eigenvalue weighted by atomic mass is 10.1. The third kappa shape index (κ3) is 4.48. The Morgan fingerprint density at radius 1 is 1.14 bits per heavy atom. The van der Waals surface area contributed by atoms with E-state index in [0.717, 1.165) is 0 Å². The molecular formula is C19H20F2N2O5. The van der Waals surface area contributed by atoms with E-state index in [0.29, 0.717) is 38.3 Å². The maximum Gasteiger partial charge on any atom is 0.387 e. The minimum absolute atomic E-state index is 0.110. The number of rotatable bonds is 6. The highest BCUT2D eigenvalue weighted by Gasteiger charge is 2.26. The van der Waals surface area contributed by atoms with Gasteiger partial charge in [0.25, 0.3) is 5.91 Å². The number of carbonyl (C=O) groups excluding carboxylic acids is 2. The summed E-state index contributed by atoms with van der Waals surface area (Å²) in [4.78, 5) is 28.1. The van der Waals surface area contributed by atoms with Crippen LogP contribution < -0.4 is 4.74 Å². The molecule has 7 nitrogen and oxygen atoms in total. The Hall–Kier alpha value is -2.94. The molecular weight excluding hydrogens is 374 g/mol. The third-order valence-electron chi connectivity index (χ3n) is 4.50. The fourth-order valence-electron chi connectivity index (χ4n) is 3.09. The van der Waals surface area contributed by atoms with Crippen LogP contribution in [0.3, 0.4) is 0 Å². The molecule has 2 heterocycles. The predicted octanol–water partition coefficient (Wildman–Crippen LogP) is 2.63. The number of hydrogen-bond donors (Lipinski definition) is 0. The van der Waals surface area contributed by atoms with Crippen molar-refractivity contribution in [3.63, 3.8) is 0 Å². The SMILES string of the molecule is COC(=O)c1occc1CN1CCN(C(=O)c2ccccc2OC(F)F)CC1. The van der Waals surface area contributed by atoms with E-state index in [4.69, 9.17) is 9.15 Å². The number of methoxy groups -OCH3 is 1. The maximum absolute atomic E-state index is 12.7. The fourth-order valence-corrected chi connectivity index (χ4v) is 3.09. The number of amides is 1. The van der Waals surface area contributed by atoms with E-state index in [2.05, 4.69) is 9.64 Å². The van der Waals surface area contributed by atoms with Crippen LogP contribution in [0.5, 0.6) is 5.75 Å². The first-order chi connectivity index (χ1) is 13.5. The largest absolute Gasteiger partial charge is 0.463 e. The normalized spacial score (nSPS) is 14.9. The van der Waals surface area contributed by atoms with Crippen LogP contribution in [0.25, 0.3) is 0 Å². The minimum Gasteiger partial charge on any atom is -0.463 e. The second-order valence-corrected chi connectivity index (χ2v) is 6.21. The van der Waals surface area contributed by atoms with E-state index in [1.807, 2.05) is 0 Å². The zero-order valence-electron chi connectivity index (χ0n) is 15.3. The summed E-state index contributed by atoms with van der Waals surface area (Å²) in [5.74, 6) is -0.857. The van der Waals surface area contributed by atoms with Gasteiger partial charge in [0.15, 0.2) is 0 Å². The second kappa shape index (κ2) is 8.83. The van der Waals surface area contributed by atoms with Gasteiger partial charge in [0.1, 0.15) is 5.75 Å². The zero-order chi connectivity index (χ0) is 20.1. The highest BCUT2D eigenvalue weighted by molar-refractivity contribution is 5.97. The highest BCUT2D eigenvalue weighted by Crippen LogP contribution is 2.23. The summed E-state index contributed by atoms with van der Waals surface area (Å²) in [7, 11) is 1.29. The maximum atomic E-state index is 12.7. The van der Waals surface area contributed by atoms with Crippen molar-refractivity contribution in [3.8, 4) is 5.75 Å². The standard InChI is InChI=1S/C19H20F2N2O5/c1-26-18(25)16-13(6-11-27-16)12-22-7-9-23(10-8-22)17(24)14-4-2-3-5-15(14)28-19(20)21/h2-6,11,19H,7-10,12H2,1H3. The number of alkyl halides is 2. The first-order valence-electron chi connectivity index (χ1n) is 8.69. The van der Waals surface area contributed by atoms with Crippen molar-refractivity contribution in [1.82, 2.24) is 9.80 Å². The quantitative estimate of drug-likeness (QED) is 0.702. The van der Waals surface area contributed by atoms with Gasteiger partial charge in [-0.1, -0.05) is 12.1 Å². The lowest BCUT2D eigenvalue weighted by Crippen LogP contribution is -2.48. The molecule has 1 amide bonds. The zero-order valence-corrected chi connectivity index (χ0v) is 15.3. The smallest absolute Gasteiger partial charge is 0.387 e. The number of carbonyl (C=O) groups is 2. The van der Waals surface area contributed by atoms with Crippen molar-refractivity contribution in [2.75, 3.05) is 33.3 Å². The molecule has 150 valence electrons. The van der Waals surface area contributed by atoms with Gasteiger partial charge in [-0.15, -0.1) is 0 Å². The van der Waals surface area contributed by atoms with Crippen molar-refractivity contribution in [2.45, 2.75) is 13.2 Å². The molecule has 0 unspecified atom stereocenters. The van der Waals surface area contributed by atoms with Crippen molar-refractivity contribution in [3.05, 3.63) is 53.5 Å². The number of benzene rings is 1. The molecule has 2 aromatic rings. The Labute approximate surface area is 160 Å². The van der Waals surface area contributed by atoms with Gasteiger partial charge in [-0.2, -0.15) is 8.78 Å². The molecule has 0 spiro atoms. The van der Waals surface area contributed by atoms with E-state index >= 15 is 0 Å². The van der Waals surface area contributed by atoms with Gasteiger partial charge in [0, 0.05) is 38.3 Å². The van der Waals surface area contributed by atoms with E-state index in [9.17, 15) is 18.4 Å². The Bertz CT molecular complexity index is 831. The molecule has 0 aliphatic carbocycles. The lowest BCUT2D eigenvalue weighted by molar-refractivity contribution is -0.0503. The van der Waals surface area contributed by atoms with Crippen LogP contribution in [-0.4, -0.2) is 61.6 Å². The van der Waals surface area contributed by atoms with Gasteiger partial charge < -0.3 is 18.8 Å². The number of hydrogen-bond acceptors (Lipinski definition) is 6. The monoisotopic (exact) mass is 394 g/mol. The number of ether oxygens (including phenoxy) is 2. The molecule has 1 fully saturated rings. The fraction of sp³-hybridized carbons (Fsp3) is 0.368. The second-order valence-electron chi connectivity index (χ2n) is 6.21. The van der Waals surface area contributed by atoms with Crippen molar-refractivity contribution < 1.29 is 32.3 Å². The first-order valence-corrected chi connectivity index (χ1v) is 8.69. The van der Waals surface area contributed by atoms with Crippen LogP contribution in [0, 0.1) is 0 Å². The molecule has 28 heavy (non-hydrogen) atoms. The van der Waals surface area contributed by atoms with E-state index in [-0.39, 0.29) is 23.0 Å². The Morgan fingerprint density at radius 2 is 1.86 bits per heavy atom. The van der Waals surface area contributed by atoms with Gasteiger partial charge in [-0.25, -0.2) is 4.79 Å². The van der Waals surface area contributed by atoms with Gasteiger partial charge in [0.2, 0.25) is 5.76 Å². The van der Waals surface area contributed by atoms with Crippen LogP contribution in [0.15, 0.2) is 41.0 Å². The van der Waals surface area contributed by atoms with Crippen molar-refractivity contribution >= 4 is 11.9 Å². The molecule has 0 N–H and O–H groups in total. The van der Waals surface area contributed by atoms with Crippen LogP contribution in [0.2, 0.25) is 0 Å². The number of halogens is 2. The van der Waals surface area contributed by atoms with Crippen LogP contribution in [0.1, 0.15) is 26.5 Å². The molecule has 0 atom stereocenters. The number of esters is 1. The molecule has 0 bridgehead atoms. The van der Waals surface area contributed by atoms with Gasteiger partial charge in [0.05, 0.1) is 18.9 Å². The molecule has 9 heteroatoms. The average molecular weight is 394 g/mol.